The smallest absolute Gasteiger partial charge is 0.306 e. The molecule has 1 aliphatic heterocycles. The molecule has 0 spiro atoms. The van der Waals surface area contributed by atoms with E-state index in [0.29, 0.717) is 5.92 Å². The number of likely N-dealkylation sites (N-methyl/N-ethyl adjacent to an activating group) is 1. The second-order valence-corrected chi connectivity index (χ2v) is 7.79. The summed E-state index contributed by atoms with van der Waals surface area (Å²) >= 11 is 0. The lowest BCUT2D eigenvalue weighted by molar-refractivity contribution is -0.142. The van der Waals surface area contributed by atoms with Crippen LogP contribution in [-0.2, 0) is 14.3 Å². The minimum absolute atomic E-state index is 0.0175. The summed E-state index contributed by atoms with van der Waals surface area (Å²) in [5.41, 5.74) is 2.19. The van der Waals surface area contributed by atoms with Crippen LogP contribution >= 0.6 is 0 Å². The van der Waals surface area contributed by atoms with Gasteiger partial charge in [-0.2, -0.15) is 0 Å². The van der Waals surface area contributed by atoms with Crippen molar-refractivity contribution in [3.8, 4) is 0 Å². The van der Waals surface area contributed by atoms with Gasteiger partial charge in [0.05, 0.1) is 31.7 Å². The summed E-state index contributed by atoms with van der Waals surface area (Å²) in [4.78, 5) is 31.0. The Morgan fingerprint density at radius 1 is 1.37 bits per heavy atom. The first kappa shape index (κ1) is 21.4. The van der Waals surface area contributed by atoms with Gasteiger partial charge in [-0.3, -0.25) is 19.5 Å². The molecule has 0 bridgehead atoms. The Hall–Kier alpha value is -1.95. The predicted molar refractivity (Wildman–Crippen MR) is 108 cm³/mol. The molecule has 1 saturated carbocycles. The van der Waals surface area contributed by atoms with Crippen molar-refractivity contribution in [2.45, 2.75) is 70.6 Å². The highest BCUT2D eigenvalue weighted by Crippen LogP contribution is 2.33. The van der Waals surface area contributed by atoms with Crippen molar-refractivity contribution in [2.75, 3.05) is 14.2 Å². The van der Waals surface area contributed by atoms with Crippen molar-refractivity contribution in [2.24, 2.45) is 10.9 Å². The molecule has 27 heavy (non-hydrogen) atoms. The van der Waals surface area contributed by atoms with Crippen LogP contribution in [0.3, 0.4) is 0 Å². The second-order valence-electron chi connectivity index (χ2n) is 7.79. The van der Waals surface area contributed by atoms with Crippen LogP contribution in [0.2, 0.25) is 0 Å². The van der Waals surface area contributed by atoms with Gasteiger partial charge in [0.25, 0.3) is 0 Å². The molecule has 2 aliphatic rings. The van der Waals surface area contributed by atoms with Crippen LogP contribution in [-0.4, -0.2) is 60.8 Å². The molecule has 1 fully saturated rings. The lowest BCUT2D eigenvalue weighted by atomic mass is 9.78. The first-order valence-corrected chi connectivity index (χ1v) is 9.74. The van der Waals surface area contributed by atoms with E-state index >= 15 is 0 Å². The van der Waals surface area contributed by atoms with E-state index in [1.165, 1.54) is 7.11 Å². The topological polar surface area (TPSA) is 71.0 Å². The fourth-order valence-electron chi connectivity index (χ4n) is 4.47. The van der Waals surface area contributed by atoms with E-state index in [9.17, 15) is 9.59 Å². The molecule has 0 aromatic heterocycles. The number of carbonyl (C=O) groups excluding carboxylic acids is 2. The van der Waals surface area contributed by atoms with E-state index < -0.39 is 0 Å². The molecule has 1 N–H and O–H groups in total. The van der Waals surface area contributed by atoms with Crippen molar-refractivity contribution >= 4 is 17.6 Å². The maximum Gasteiger partial charge on any atom is 0.306 e. The SMILES string of the molecule is C=C(C=CC)C1C(C)N=C2CC(C)CC(NC(=O)CCC(=O)OC)C2N1C. The van der Waals surface area contributed by atoms with Crippen molar-refractivity contribution in [1.82, 2.24) is 10.2 Å². The first-order chi connectivity index (χ1) is 12.8. The van der Waals surface area contributed by atoms with Crippen molar-refractivity contribution < 1.29 is 14.3 Å². The zero-order chi connectivity index (χ0) is 20.1. The molecular weight excluding hydrogens is 342 g/mol. The molecule has 5 atom stereocenters. The highest BCUT2D eigenvalue weighted by molar-refractivity contribution is 5.93. The monoisotopic (exact) mass is 375 g/mol. The average molecular weight is 376 g/mol. The number of hydrogen-bond donors (Lipinski definition) is 1. The minimum Gasteiger partial charge on any atom is -0.469 e. The van der Waals surface area contributed by atoms with Gasteiger partial charge in [0.2, 0.25) is 5.91 Å². The average Bonchev–Trinajstić information content (AvgIpc) is 2.59. The summed E-state index contributed by atoms with van der Waals surface area (Å²) in [6.45, 7) is 10.5. The van der Waals surface area contributed by atoms with E-state index in [0.717, 1.165) is 24.1 Å². The first-order valence-electron chi connectivity index (χ1n) is 9.74. The van der Waals surface area contributed by atoms with Gasteiger partial charge in [-0.05, 0) is 45.2 Å². The van der Waals surface area contributed by atoms with E-state index in [1.54, 1.807) is 0 Å². The quantitative estimate of drug-likeness (QED) is 0.572. The van der Waals surface area contributed by atoms with Crippen molar-refractivity contribution in [3.63, 3.8) is 0 Å². The summed E-state index contributed by atoms with van der Waals surface area (Å²) in [6.07, 6.45) is 6.13. The van der Waals surface area contributed by atoms with Crippen molar-refractivity contribution in [1.29, 1.82) is 0 Å². The largest absolute Gasteiger partial charge is 0.469 e. The number of nitrogens with one attached hydrogen (secondary N) is 1. The minimum atomic E-state index is -0.365. The molecule has 0 saturated heterocycles. The third kappa shape index (κ3) is 5.06. The number of methoxy groups -OCH3 is 1. The second kappa shape index (κ2) is 9.31. The van der Waals surface area contributed by atoms with Crippen LogP contribution < -0.4 is 5.32 Å². The molecule has 0 aromatic rings. The number of hydrogen-bond acceptors (Lipinski definition) is 5. The standard InChI is InChI=1S/C21H33N3O3/c1-7-8-14(3)20-15(4)22-16-11-13(2)12-17(21(16)24(20)5)23-18(25)9-10-19(26)27-6/h7-8,13,15,17,20-21H,3,9-12H2,1-2,4-6H3,(H,23,25). The number of carbonyl (C=O) groups is 2. The van der Waals surface area contributed by atoms with Gasteiger partial charge in [0.1, 0.15) is 0 Å². The predicted octanol–water partition coefficient (Wildman–Crippen LogP) is 2.50. The molecule has 1 aliphatic carbocycles. The van der Waals surface area contributed by atoms with Gasteiger partial charge in [0, 0.05) is 18.2 Å². The zero-order valence-corrected chi connectivity index (χ0v) is 17.2. The lowest BCUT2D eigenvalue weighted by Gasteiger charge is -2.49. The number of nitrogens with zero attached hydrogens (tertiary/aromatic N) is 2. The summed E-state index contributed by atoms with van der Waals surface area (Å²) in [5.74, 6) is -0.0211. The Bertz CT molecular complexity index is 641. The number of esters is 1. The van der Waals surface area contributed by atoms with Gasteiger partial charge < -0.3 is 10.1 Å². The van der Waals surface area contributed by atoms with Crippen molar-refractivity contribution in [3.05, 3.63) is 24.3 Å². The highest BCUT2D eigenvalue weighted by Gasteiger charge is 2.43. The number of ether oxygens (including phenoxy) is 1. The Morgan fingerprint density at radius 3 is 2.70 bits per heavy atom. The Labute approximate surface area is 162 Å². The fourth-order valence-corrected chi connectivity index (χ4v) is 4.47. The molecule has 1 amide bonds. The summed E-state index contributed by atoms with van der Waals surface area (Å²) < 4.78 is 4.62. The molecule has 0 radical (unpaired) electrons. The molecule has 1 heterocycles. The highest BCUT2D eigenvalue weighted by atomic mass is 16.5. The number of fused-ring (bicyclic) bond motifs is 1. The third-order valence-electron chi connectivity index (χ3n) is 5.53. The summed E-state index contributed by atoms with van der Waals surface area (Å²) in [7, 11) is 3.43. The van der Waals surface area contributed by atoms with Crippen LogP contribution in [0.4, 0.5) is 0 Å². The maximum absolute atomic E-state index is 12.4. The zero-order valence-electron chi connectivity index (χ0n) is 17.2. The van der Waals surface area contributed by atoms with Gasteiger partial charge in [-0.15, -0.1) is 0 Å². The number of aliphatic imine (C=N–C) groups is 1. The van der Waals surface area contributed by atoms with E-state index in [1.807, 2.05) is 19.1 Å². The van der Waals surface area contributed by atoms with E-state index in [2.05, 4.69) is 42.4 Å². The van der Waals surface area contributed by atoms with Crippen LogP contribution in [0, 0.1) is 5.92 Å². The van der Waals surface area contributed by atoms with Gasteiger partial charge in [-0.25, -0.2) is 0 Å². The molecule has 6 nitrogen and oxygen atoms in total. The lowest BCUT2D eigenvalue weighted by Crippen LogP contribution is -2.64. The van der Waals surface area contributed by atoms with E-state index in [4.69, 9.17) is 4.99 Å². The van der Waals surface area contributed by atoms with Crippen LogP contribution in [0.5, 0.6) is 0 Å². The molecule has 2 rings (SSSR count). The summed E-state index contributed by atoms with van der Waals surface area (Å²) in [5, 5.41) is 3.15. The number of amides is 1. The van der Waals surface area contributed by atoms with Crippen LogP contribution in [0.25, 0.3) is 0 Å². The van der Waals surface area contributed by atoms with Gasteiger partial charge in [-0.1, -0.05) is 25.7 Å². The number of rotatable bonds is 6. The van der Waals surface area contributed by atoms with Gasteiger partial charge in [0.15, 0.2) is 0 Å². The molecule has 0 aromatic carbocycles. The molecule has 5 unspecified atom stereocenters. The Morgan fingerprint density at radius 2 is 2.07 bits per heavy atom. The number of allylic oxidation sites excluding steroid dienone is 1. The Balaban J connectivity index is 2.18. The maximum atomic E-state index is 12.4. The van der Waals surface area contributed by atoms with Gasteiger partial charge >= 0.3 is 5.97 Å². The fraction of sp³-hybridized carbons (Fsp3) is 0.667. The Kier molecular flexibility index (Phi) is 7.36. The third-order valence-corrected chi connectivity index (χ3v) is 5.53. The molecule has 150 valence electrons. The van der Waals surface area contributed by atoms with E-state index in [-0.39, 0.29) is 48.9 Å². The van der Waals surface area contributed by atoms with Crippen LogP contribution in [0.15, 0.2) is 29.3 Å². The normalized spacial score (nSPS) is 31.1. The van der Waals surface area contributed by atoms with Crippen LogP contribution in [0.1, 0.15) is 46.5 Å². The molecule has 6 heteroatoms. The molecular formula is C21H33N3O3. The summed E-state index contributed by atoms with van der Waals surface area (Å²) in [6, 6.07) is 0.284.